The fourth-order valence-corrected chi connectivity index (χ4v) is 5.23. The Morgan fingerprint density at radius 3 is 2.54 bits per heavy atom. The molecule has 0 unspecified atom stereocenters. The number of amides is 1. The number of ether oxygens (including phenoxy) is 1. The van der Waals surface area contributed by atoms with E-state index in [2.05, 4.69) is 45.3 Å². The number of likely N-dealkylation sites (tertiary alicyclic amines) is 1. The molecule has 1 N–H and O–H groups in total. The topological polar surface area (TPSA) is 48.1 Å². The van der Waals surface area contributed by atoms with Crippen molar-refractivity contribution in [1.29, 1.82) is 0 Å². The van der Waals surface area contributed by atoms with Crippen molar-refractivity contribution in [1.82, 2.24) is 15.1 Å². The van der Waals surface area contributed by atoms with Crippen molar-refractivity contribution in [2.45, 2.75) is 44.7 Å². The molecule has 2 fully saturated rings. The largest absolute Gasteiger partial charge is 0.494 e. The summed E-state index contributed by atoms with van der Waals surface area (Å²) < 4.78 is 5.90. The van der Waals surface area contributed by atoms with E-state index in [1.807, 2.05) is 30.3 Å². The first kappa shape index (κ1) is 25.8. The molecule has 190 valence electrons. The van der Waals surface area contributed by atoms with Crippen LogP contribution < -0.4 is 15.0 Å². The number of piperazine rings is 1. The van der Waals surface area contributed by atoms with Gasteiger partial charge < -0.3 is 15.0 Å². The van der Waals surface area contributed by atoms with Gasteiger partial charge in [-0.15, -0.1) is 0 Å². The predicted octanol–water partition coefficient (Wildman–Crippen LogP) is 4.42. The molecule has 6 nitrogen and oxygen atoms in total. The first-order valence-corrected chi connectivity index (χ1v) is 13.4. The van der Waals surface area contributed by atoms with Crippen molar-refractivity contribution in [2.24, 2.45) is 0 Å². The van der Waals surface area contributed by atoms with Gasteiger partial charge in [-0.05, 0) is 62.7 Å². The third-order valence-corrected chi connectivity index (χ3v) is 7.43. The number of para-hydroxylation sites is 1. The smallest absolute Gasteiger partial charge is 0.237 e. The number of benzene rings is 2. The van der Waals surface area contributed by atoms with Gasteiger partial charge in [0.05, 0.1) is 23.4 Å². The van der Waals surface area contributed by atoms with E-state index in [1.54, 1.807) is 0 Å². The minimum Gasteiger partial charge on any atom is -0.494 e. The molecule has 0 spiro atoms. The Balaban J connectivity index is 1.12. The summed E-state index contributed by atoms with van der Waals surface area (Å²) in [6.45, 7) is 7.22. The normalized spacial score (nSPS) is 19.8. The number of nitrogens with zero attached hydrogens (tertiary/aromatic N) is 3. The van der Waals surface area contributed by atoms with E-state index in [4.69, 9.17) is 16.3 Å². The van der Waals surface area contributed by atoms with Gasteiger partial charge in [0.2, 0.25) is 5.91 Å². The first-order valence-electron chi connectivity index (χ1n) is 13.0. The number of hydrogen-bond acceptors (Lipinski definition) is 5. The fraction of sp³-hybridized carbons (Fsp3) is 0.536. The maximum atomic E-state index is 12.5. The molecule has 2 heterocycles. The monoisotopic (exact) mass is 498 g/mol. The van der Waals surface area contributed by atoms with E-state index in [0.29, 0.717) is 13.2 Å². The van der Waals surface area contributed by atoms with Crippen molar-refractivity contribution >= 4 is 23.2 Å². The summed E-state index contributed by atoms with van der Waals surface area (Å²) in [4.78, 5) is 19.5. The maximum absolute atomic E-state index is 12.5. The molecular formula is C28H39ClN4O2. The van der Waals surface area contributed by atoms with Gasteiger partial charge in [-0.1, -0.05) is 48.7 Å². The lowest BCUT2D eigenvalue weighted by molar-refractivity contribution is -0.126. The van der Waals surface area contributed by atoms with Gasteiger partial charge >= 0.3 is 0 Å². The Kier molecular flexibility index (Phi) is 9.69. The zero-order chi connectivity index (χ0) is 24.5. The SMILES string of the molecule is CN1CCCCC[C@H]1C(=O)NCCCOc1ccc(CN2CCN(c3ccccc3Cl)CC2)cc1. The molecule has 4 rings (SSSR count). The van der Waals surface area contributed by atoms with Gasteiger partial charge in [-0.25, -0.2) is 0 Å². The second-order valence-corrected chi connectivity index (χ2v) is 10.1. The lowest BCUT2D eigenvalue weighted by Crippen LogP contribution is -2.46. The maximum Gasteiger partial charge on any atom is 0.237 e. The quantitative estimate of drug-likeness (QED) is 0.518. The second kappa shape index (κ2) is 13.1. The van der Waals surface area contributed by atoms with Crippen LogP contribution in [-0.4, -0.2) is 74.7 Å². The van der Waals surface area contributed by atoms with Crippen molar-refractivity contribution in [3.05, 3.63) is 59.1 Å². The molecule has 0 saturated carbocycles. The van der Waals surface area contributed by atoms with E-state index in [0.717, 1.165) is 75.0 Å². The molecule has 35 heavy (non-hydrogen) atoms. The van der Waals surface area contributed by atoms with Crippen LogP contribution in [-0.2, 0) is 11.3 Å². The number of carbonyl (C=O) groups is 1. The van der Waals surface area contributed by atoms with Crippen molar-refractivity contribution in [3.63, 3.8) is 0 Å². The molecule has 0 aromatic heterocycles. The molecule has 0 aliphatic carbocycles. The van der Waals surface area contributed by atoms with Crippen LogP contribution in [0.1, 0.15) is 37.7 Å². The minimum atomic E-state index is 0.0186. The number of halogens is 1. The molecule has 2 aliphatic rings. The molecule has 1 amide bonds. The van der Waals surface area contributed by atoms with Crippen molar-refractivity contribution in [2.75, 3.05) is 57.8 Å². The van der Waals surface area contributed by atoms with Gasteiger partial charge in [-0.3, -0.25) is 14.6 Å². The molecule has 7 heteroatoms. The van der Waals surface area contributed by atoms with E-state index in [-0.39, 0.29) is 11.9 Å². The van der Waals surface area contributed by atoms with E-state index in [1.165, 1.54) is 18.4 Å². The van der Waals surface area contributed by atoms with Gasteiger partial charge in [0.15, 0.2) is 0 Å². The number of hydrogen-bond donors (Lipinski definition) is 1. The van der Waals surface area contributed by atoms with Crippen molar-refractivity contribution in [3.8, 4) is 5.75 Å². The summed E-state index contributed by atoms with van der Waals surface area (Å²) in [5.41, 5.74) is 2.43. The highest BCUT2D eigenvalue weighted by Gasteiger charge is 2.24. The van der Waals surface area contributed by atoms with Crippen LogP contribution in [0.25, 0.3) is 0 Å². The van der Waals surface area contributed by atoms with E-state index in [9.17, 15) is 4.79 Å². The predicted molar refractivity (Wildman–Crippen MR) is 143 cm³/mol. The van der Waals surface area contributed by atoms with E-state index < -0.39 is 0 Å². The second-order valence-electron chi connectivity index (χ2n) is 9.70. The highest BCUT2D eigenvalue weighted by molar-refractivity contribution is 6.33. The standard InChI is InChI=1S/C28H39ClN4O2/c1-31-16-6-2-3-10-27(31)28(34)30-15-7-21-35-24-13-11-23(12-14-24)22-32-17-19-33(20-18-32)26-9-5-4-8-25(26)29/h4-5,8-9,11-14,27H,2-3,6-7,10,15-22H2,1H3,(H,30,34)/t27-/m0/s1. The van der Waals surface area contributed by atoms with Crippen LogP contribution in [0.4, 0.5) is 5.69 Å². The summed E-state index contributed by atoms with van der Waals surface area (Å²) in [6.07, 6.45) is 5.32. The average molecular weight is 499 g/mol. The Morgan fingerprint density at radius 1 is 1.00 bits per heavy atom. The molecule has 1 atom stereocenters. The fourth-order valence-electron chi connectivity index (χ4n) is 4.98. The molecule has 2 aromatic carbocycles. The van der Waals surface area contributed by atoms with Gasteiger partial charge in [0, 0.05) is 39.3 Å². The number of nitrogens with one attached hydrogen (secondary N) is 1. The van der Waals surface area contributed by atoms with Crippen LogP contribution in [0.15, 0.2) is 48.5 Å². The minimum absolute atomic E-state index is 0.0186. The van der Waals surface area contributed by atoms with Crippen LogP contribution in [0.5, 0.6) is 5.75 Å². The average Bonchev–Trinajstić information content (AvgIpc) is 3.10. The number of anilines is 1. The Labute approximate surface area is 215 Å². The lowest BCUT2D eigenvalue weighted by Gasteiger charge is -2.36. The molecular weight excluding hydrogens is 460 g/mol. The molecule has 0 radical (unpaired) electrons. The van der Waals surface area contributed by atoms with Gasteiger partial charge in [0.25, 0.3) is 0 Å². The zero-order valence-electron chi connectivity index (χ0n) is 20.9. The Morgan fingerprint density at radius 2 is 1.77 bits per heavy atom. The molecule has 0 bridgehead atoms. The van der Waals surface area contributed by atoms with Crippen LogP contribution in [0.3, 0.4) is 0 Å². The summed E-state index contributed by atoms with van der Waals surface area (Å²) >= 11 is 6.36. The van der Waals surface area contributed by atoms with Crippen molar-refractivity contribution < 1.29 is 9.53 Å². The van der Waals surface area contributed by atoms with E-state index >= 15 is 0 Å². The summed E-state index contributed by atoms with van der Waals surface area (Å²) in [7, 11) is 2.06. The zero-order valence-corrected chi connectivity index (χ0v) is 21.7. The molecule has 2 aromatic rings. The summed E-state index contributed by atoms with van der Waals surface area (Å²) in [6, 6.07) is 16.5. The highest BCUT2D eigenvalue weighted by Crippen LogP contribution is 2.26. The van der Waals surface area contributed by atoms with Gasteiger partial charge in [0.1, 0.15) is 5.75 Å². The summed E-state index contributed by atoms with van der Waals surface area (Å²) in [5, 5.41) is 3.92. The summed E-state index contributed by atoms with van der Waals surface area (Å²) in [5.74, 6) is 1.04. The molecule has 2 aliphatic heterocycles. The number of likely N-dealkylation sites (N-methyl/N-ethyl adjacent to an activating group) is 1. The number of carbonyl (C=O) groups excluding carboxylic acids is 1. The molecule has 2 saturated heterocycles. The third-order valence-electron chi connectivity index (χ3n) is 7.11. The van der Waals surface area contributed by atoms with Crippen LogP contribution in [0.2, 0.25) is 5.02 Å². The van der Waals surface area contributed by atoms with Crippen LogP contribution >= 0.6 is 11.6 Å². The van der Waals surface area contributed by atoms with Crippen LogP contribution in [0, 0.1) is 0 Å². The first-order chi connectivity index (χ1) is 17.1. The Bertz CT molecular complexity index is 931. The Hall–Kier alpha value is -2.28. The van der Waals surface area contributed by atoms with Gasteiger partial charge in [-0.2, -0.15) is 0 Å². The third kappa shape index (κ3) is 7.60. The lowest BCUT2D eigenvalue weighted by atomic mass is 10.1. The highest BCUT2D eigenvalue weighted by atomic mass is 35.5. The number of rotatable bonds is 9.